The summed E-state index contributed by atoms with van der Waals surface area (Å²) in [4.78, 5) is 15.1. The van der Waals surface area contributed by atoms with Gasteiger partial charge in [0, 0.05) is 54.2 Å². The smallest absolute Gasteiger partial charge is 0.152 e. The van der Waals surface area contributed by atoms with Crippen molar-refractivity contribution in [2.75, 3.05) is 23.3 Å². The minimum Gasteiger partial charge on any atom is -0.382 e. The number of piperidine rings is 1. The Kier molecular flexibility index (Phi) is 4.59. The Bertz CT molecular complexity index is 963. The van der Waals surface area contributed by atoms with Gasteiger partial charge in [-0.1, -0.05) is 0 Å². The molecule has 0 bridgehead atoms. The molecule has 1 fully saturated rings. The molecular weight excluding hydrogens is 348 g/mol. The lowest BCUT2D eigenvalue weighted by atomic mass is 10.0. The number of benzene rings is 1. The van der Waals surface area contributed by atoms with E-state index in [4.69, 9.17) is 0 Å². The molecule has 3 heterocycles. The minimum absolute atomic E-state index is 0.186. The number of halogens is 2. The van der Waals surface area contributed by atoms with Crippen LogP contribution in [0.4, 0.5) is 20.3 Å². The molecule has 3 aromatic rings. The fourth-order valence-corrected chi connectivity index (χ4v) is 3.64. The molecule has 1 aliphatic heterocycles. The molecular formula is C20H21F2N5. The second-order valence-corrected chi connectivity index (χ2v) is 6.96. The van der Waals surface area contributed by atoms with Crippen LogP contribution in [0.25, 0.3) is 10.9 Å². The van der Waals surface area contributed by atoms with Gasteiger partial charge in [0.05, 0.1) is 0 Å². The van der Waals surface area contributed by atoms with Crippen LogP contribution in [0.15, 0.2) is 30.5 Å². The van der Waals surface area contributed by atoms with Gasteiger partial charge in [0.1, 0.15) is 23.0 Å². The highest BCUT2D eigenvalue weighted by molar-refractivity contribution is 5.91. The van der Waals surface area contributed by atoms with Crippen LogP contribution in [0.3, 0.4) is 0 Å². The molecule has 0 radical (unpaired) electrons. The highest BCUT2D eigenvalue weighted by atomic mass is 19.1. The molecule has 0 amide bonds. The van der Waals surface area contributed by atoms with Gasteiger partial charge in [-0.2, -0.15) is 0 Å². The normalized spacial score (nSPS) is 15.3. The molecule has 1 aromatic carbocycles. The quantitative estimate of drug-likeness (QED) is 0.756. The first-order valence-electron chi connectivity index (χ1n) is 9.07. The molecule has 0 atom stereocenters. The Hall–Kier alpha value is -2.83. The SMILES string of the molecule is Cc1cc(N2CCC(Nc3ccnc4c(F)cc(F)cc34)CC2)nc(C)n1. The van der Waals surface area contributed by atoms with Crippen LogP contribution in [-0.4, -0.2) is 34.1 Å². The largest absolute Gasteiger partial charge is 0.382 e. The van der Waals surface area contributed by atoms with E-state index in [1.807, 2.05) is 19.9 Å². The molecule has 1 N–H and O–H groups in total. The Morgan fingerprint density at radius 2 is 1.85 bits per heavy atom. The number of hydrogen-bond acceptors (Lipinski definition) is 5. The summed E-state index contributed by atoms with van der Waals surface area (Å²) in [5.41, 5.74) is 1.86. The topological polar surface area (TPSA) is 53.9 Å². The standard InChI is InChI=1S/C20H21F2N5/c1-12-9-19(25-13(2)24-12)27-7-4-15(5-8-27)26-18-3-6-23-20-16(18)10-14(21)11-17(20)22/h3,6,9-11,15H,4-5,7-8H2,1-2H3,(H,23,26). The maximum Gasteiger partial charge on any atom is 0.152 e. The van der Waals surface area contributed by atoms with Crippen molar-refractivity contribution in [2.45, 2.75) is 32.7 Å². The third-order valence-corrected chi connectivity index (χ3v) is 4.89. The summed E-state index contributed by atoms with van der Waals surface area (Å²) in [5.74, 6) is 0.493. The predicted octanol–water partition coefficient (Wildman–Crippen LogP) is 4.00. The number of fused-ring (bicyclic) bond motifs is 1. The predicted molar refractivity (Wildman–Crippen MR) is 102 cm³/mol. The monoisotopic (exact) mass is 369 g/mol. The fourth-order valence-electron chi connectivity index (χ4n) is 3.64. The van der Waals surface area contributed by atoms with E-state index in [1.165, 1.54) is 6.07 Å². The zero-order valence-corrected chi connectivity index (χ0v) is 15.3. The van der Waals surface area contributed by atoms with Crippen LogP contribution in [0.5, 0.6) is 0 Å². The van der Waals surface area contributed by atoms with Crippen LogP contribution in [0.2, 0.25) is 0 Å². The molecule has 1 saturated heterocycles. The summed E-state index contributed by atoms with van der Waals surface area (Å²) in [5, 5.41) is 3.91. The van der Waals surface area contributed by atoms with Crippen LogP contribution in [0, 0.1) is 25.5 Å². The fraction of sp³-hybridized carbons (Fsp3) is 0.350. The van der Waals surface area contributed by atoms with Gasteiger partial charge in [0.25, 0.3) is 0 Å². The molecule has 0 unspecified atom stereocenters. The molecule has 140 valence electrons. The van der Waals surface area contributed by atoms with Gasteiger partial charge in [-0.05, 0) is 38.8 Å². The van der Waals surface area contributed by atoms with Crippen molar-refractivity contribution in [3.8, 4) is 0 Å². The summed E-state index contributed by atoms with van der Waals surface area (Å²) in [6.07, 6.45) is 3.36. The Balaban J connectivity index is 1.49. The van der Waals surface area contributed by atoms with E-state index in [-0.39, 0.29) is 11.6 Å². The number of aryl methyl sites for hydroxylation is 2. The van der Waals surface area contributed by atoms with Gasteiger partial charge >= 0.3 is 0 Å². The lowest BCUT2D eigenvalue weighted by Gasteiger charge is -2.34. The summed E-state index contributed by atoms with van der Waals surface area (Å²) in [6, 6.07) is 6.19. The van der Waals surface area contributed by atoms with Crippen LogP contribution in [0.1, 0.15) is 24.4 Å². The first kappa shape index (κ1) is 17.6. The van der Waals surface area contributed by atoms with Crippen molar-refractivity contribution in [3.63, 3.8) is 0 Å². The lowest BCUT2D eigenvalue weighted by Crippen LogP contribution is -2.39. The van der Waals surface area contributed by atoms with Crippen molar-refractivity contribution < 1.29 is 8.78 Å². The van der Waals surface area contributed by atoms with Gasteiger partial charge in [-0.25, -0.2) is 18.7 Å². The zero-order chi connectivity index (χ0) is 19.0. The second-order valence-electron chi connectivity index (χ2n) is 6.96. The number of nitrogens with one attached hydrogen (secondary N) is 1. The first-order chi connectivity index (χ1) is 13.0. The van der Waals surface area contributed by atoms with Gasteiger partial charge in [0.15, 0.2) is 5.82 Å². The van der Waals surface area contributed by atoms with E-state index in [0.717, 1.165) is 49.3 Å². The van der Waals surface area contributed by atoms with E-state index in [2.05, 4.69) is 25.2 Å². The zero-order valence-electron chi connectivity index (χ0n) is 15.3. The van der Waals surface area contributed by atoms with E-state index in [0.29, 0.717) is 11.1 Å². The molecule has 2 aromatic heterocycles. The first-order valence-corrected chi connectivity index (χ1v) is 9.07. The van der Waals surface area contributed by atoms with Crippen LogP contribution < -0.4 is 10.2 Å². The average molecular weight is 369 g/mol. The number of nitrogens with zero attached hydrogens (tertiary/aromatic N) is 4. The second kappa shape index (κ2) is 7.06. The highest BCUT2D eigenvalue weighted by Crippen LogP contribution is 2.27. The Morgan fingerprint density at radius 3 is 2.59 bits per heavy atom. The molecule has 1 aliphatic rings. The Labute approximate surface area is 156 Å². The van der Waals surface area contributed by atoms with Crippen molar-refractivity contribution in [1.82, 2.24) is 15.0 Å². The maximum absolute atomic E-state index is 14.0. The molecule has 4 rings (SSSR count). The number of aromatic nitrogens is 3. The third-order valence-electron chi connectivity index (χ3n) is 4.89. The summed E-state index contributed by atoms with van der Waals surface area (Å²) in [6.45, 7) is 5.59. The van der Waals surface area contributed by atoms with Crippen molar-refractivity contribution in [1.29, 1.82) is 0 Å². The number of pyridine rings is 1. The van der Waals surface area contributed by atoms with E-state index >= 15 is 0 Å². The number of rotatable bonds is 3. The van der Waals surface area contributed by atoms with Crippen molar-refractivity contribution in [2.24, 2.45) is 0 Å². The molecule has 0 saturated carbocycles. The van der Waals surface area contributed by atoms with Crippen LogP contribution in [-0.2, 0) is 0 Å². The van der Waals surface area contributed by atoms with Gasteiger partial charge in [0.2, 0.25) is 0 Å². The molecule has 0 aliphatic carbocycles. The van der Waals surface area contributed by atoms with Gasteiger partial charge < -0.3 is 10.2 Å². The average Bonchev–Trinajstić information content (AvgIpc) is 2.62. The molecule has 5 nitrogen and oxygen atoms in total. The molecule has 0 spiro atoms. The number of anilines is 2. The van der Waals surface area contributed by atoms with E-state index in [1.54, 1.807) is 12.3 Å². The van der Waals surface area contributed by atoms with Gasteiger partial charge in [-0.3, -0.25) is 4.98 Å². The van der Waals surface area contributed by atoms with Crippen molar-refractivity contribution in [3.05, 3.63) is 53.6 Å². The number of hydrogen-bond donors (Lipinski definition) is 1. The maximum atomic E-state index is 14.0. The minimum atomic E-state index is -0.641. The Morgan fingerprint density at radius 1 is 1.07 bits per heavy atom. The van der Waals surface area contributed by atoms with Crippen LogP contribution >= 0.6 is 0 Å². The van der Waals surface area contributed by atoms with Crippen molar-refractivity contribution >= 4 is 22.4 Å². The molecule has 27 heavy (non-hydrogen) atoms. The summed E-state index contributed by atoms with van der Waals surface area (Å²) >= 11 is 0. The van der Waals surface area contributed by atoms with E-state index < -0.39 is 11.6 Å². The van der Waals surface area contributed by atoms with Gasteiger partial charge in [-0.15, -0.1) is 0 Å². The van der Waals surface area contributed by atoms with E-state index in [9.17, 15) is 8.78 Å². The summed E-state index contributed by atoms with van der Waals surface area (Å²) < 4.78 is 27.6. The lowest BCUT2D eigenvalue weighted by molar-refractivity contribution is 0.523. The molecule has 7 heteroatoms. The summed E-state index contributed by atoms with van der Waals surface area (Å²) in [7, 11) is 0. The highest BCUT2D eigenvalue weighted by Gasteiger charge is 2.21. The third kappa shape index (κ3) is 3.67.